The number of rotatable bonds is 2. The molecule has 0 spiro atoms. The van der Waals surface area contributed by atoms with Crippen LogP contribution in [0.2, 0.25) is 0 Å². The Morgan fingerprint density at radius 2 is 2.06 bits per heavy atom. The summed E-state index contributed by atoms with van der Waals surface area (Å²) in [4.78, 5) is 3.87. The second-order valence-corrected chi connectivity index (χ2v) is 6.28. The Morgan fingerprint density at radius 3 is 2.71 bits per heavy atom. The van der Waals surface area contributed by atoms with E-state index in [1.165, 1.54) is 21.7 Å². The van der Waals surface area contributed by atoms with Gasteiger partial charge in [0.2, 0.25) is 0 Å². The topological polar surface area (TPSA) is 15.3 Å². The maximum atomic E-state index is 3.30. The number of nitrogens with one attached hydrogen (secondary N) is 1. The number of hydrogen-bond donors (Lipinski definition) is 1. The van der Waals surface area contributed by atoms with Gasteiger partial charge in [-0.2, -0.15) is 0 Å². The van der Waals surface area contributed by atoms with Crippen molar-refractivity contribution in [1.29, 1.82) is 0 Å². The largest absolute Gasteiger partial charge is 0.370 e. The van der Waals surface area contributed by atoms with Crippen LogP contribution in [0, 0.1) is 13.8 Å². The van der Waals surface area contributed by atoms with Gasteiger partial charge in [-0.1, -0.05) is 6.07 Å². The SMILES string of the molecule is CNCC1Sc2cc(C)cc(C)c2N(C)C1C. The van der Waals surface area contributed by atoms with E-state index in [2.05, 4.69) is 50.2 Å². The van der Waals surface area contributed by atoms with Crippen LogP contribution in [0.3, 0.4) is 0 Å². The van der Waals surface area contributed by atoms with E-state index in [9.17, 15) is 0 Å². The van der Waals surface area contributed by atoms with E-state index in [-0.39, 0.29) is 0 Å². The molecular formula is C14H22N2S. The molecule has 2 atom stereocenters. The minimum absolute atomic E-state index is 0.571. The average molecular weight is 250 g/mol. The van der Waals surface area contributed by atoms with Crippen molar-refractivity contribution >= 4 is 17.4 Å². The fraction of sp³-hybridized carbons (Fsp3) is 0.571. The van der Waals surface area contributed by atoms with Crippen LogP contribution >= 0.6 is 11.8 Å². The van der Waals surface area contributed by atoms with Crippen molar-refractivity contribution in [2.75, 3.05) is 25.5 Å². The summed E-state index contributed by atoms with van der Waals surface area (Å²) in [7, 11) is 4.25. The molecule has 17 heavy (non-hydrogen) atoms. The molecule has 3 heteroatoms. The molecular weight excluding hydrogens is 228 g/mol. The standard InChI is InChI=1S/C14H22N2S/c1-9-6-10(2)14-12(7-9)17-13(8-15-4)11(3)16(14)5/h6-7,11,13,15H,8H2,1-5H3. The van der Waals surface area contributed by atoms with Gasteiger partial charge in [0.25, 0.3) is 0 Å². The van der Waals surface area contributed by atoms with E-state index in [0.717, 1.165) is 6.54 Å². The average Bonchev–Trinajstić information content (AvgIpc) is 2.24. The third kappa shape index (κ3) is 2.31. The van der Waals surface area contributed by atoms with Crippen LogP contribution in [-0.4, -0.2) is 31.9 Å². The molecule has 94 valence electrons. The van der Waals surface area contributed by atoms with Crippen molar-refractivity contribution in [3.05, 3.63) is 23.3 Å². The molecule has 1 aromatic carbocycles. The zero-order valence-electron chi connectivity index (χ0n) is 11.4. The van der Waals surface area contributed by atoms with Crippen LogP contribution in [0.15, 0.2) is 17.0 Å². The lowest BCUT2D eigenvalue weighted by Crippen LogP contribution is -2.44. The number of nitrogens with zero attached hydrogens (tertiary/aromatic N) is 1. The van der Waals surface area contributed by atoms with E-state index in [1.807, 2.05) is 18.8 Å². The van der Waals surface area contributed by atoms with Gasteiger partial charge in [-0.3, -0.25) is 0 Å². The minimum atomic E-state index is 0.571. The molecule has 0 saturated heterocycles. The molecule has 0 bridgehead atoms. The van der Waals surface area contributed by atoms with Crippen LogP contribution in [0.25, 0.3) is 0 Å². The summed E-state index contributed by atoms with van der Waals surface area (Å²) >= 11 is 2.02. The fourth-order valence-corrected chi connectivity index (χ4v) is 4.22. The van der Waals surface area contributed by atoms with Crippen molar-refractivity contribution < 1.29 is 0 Å². The molecule has 1 aromatic rings. The second kappa shape index (κ2) is 4.91. The fourth-order valence-electron chi connectivity index (χ4n) is 2.59. The van der Waals surface area contributed by atoms with E-state index >= 15 is 0 Å². The molecule has 0 saturated carbocycles. The molecule has 2 rings (SSSR count). The Labute approximate surface area is 109 Å². The highest BCUT2D eigenvalue weighted by Crippen LogP contribution is 2.43. The lowest BCUT2D eigenvalue weighted by Gasteiger charge is -2.40. The maximum absolute atomic E-state index is 3.30. The number of hydrogen-bond acceptors (Lipinski definition) is 3. The first-order valence-electron chi connectivity index (χ1n) is 6.20. The number of fused-ring (bicyclic) bond motifs is 1. The lowest BCUT2D eigenvalue weighted by molar-refractivity contribution is 0.601. The normalized spacial score (nSPS) is 23.7. The Bertz CT molecular complexity index is 417. The van der Waals surface area contributed by atoms with Gasteiger partial charge in [-0.05, 0) is 45.0 Å². The van der Waals surface area contributed by atoms with Gasteiger partial charge >= 0.3 is 0 Å². The summed E-state index contributed by atoms with van der Waals surface area (Å²) in [6.45, 7) is 7.77. The summed E-state index contributed by atoms with van der Waals surface area (Å²) in [6, 6.07) is 5.17. The Hall–Kier alpha value is -0.670. The highest BCUT2D eigenvalue weighted by atomic mass is 32.2. The third-order valence-electron chi connectivity index (χ3n) is 3.60. The predicted octanol–water partition coefficient (Wildman–Crippen LogP) is 2.82. The number of benzene rings is 1. The van der Waals surface area contributed by atoms with E-state index < -0.39 is 0 Å². The first-order chi connectivity index (χ1) is 8.04. The van der Waals surface area contributed by atoms with Crippen molar-refractivity contribution in [1.82, 2.24) is 5.32 Å². The van der Waals surface area contributed by atoms with Crippen LogP contribution in [-0.2, 0) is 0 Å². The highest BCUT2D eigenvalue weighted by molar-refractivity contribution is 8.00. The Morgan fingerprint density at radius 1 is 1.35 bits per heavy atom. The summed E-state index contributed by atoms with van der Waals surface area (Å²) in [5.41, 5.74) is 4.17. The Kier molecular flexibility index (Phi) is 3.69. The number of aryl methyl sites for hydroxylation is 2. The summed E-state index contributed by atoms with van der Waals surface area (Å²) in [5, 5.41) is 3.92. The lowest BCUT2D eigenvalue weighted by atomic mass is 10.1. The van der Waals surface area contributed by atoms with Crippen LogP contribution in [0.4, 0.5) is 5.69 Å². The van der Waals surface area contributed by atoms with Crippen molar-refractivity contribution in [2.24, 2.45) is 0 Å². The zero-order valence-corrected chi connectivity index (χ0v) is 12.2. The van der Waals surface area contributed by atoms with Crippen molar-refractivity contribution in [3.63, 3.8) is 0 Å². The minimum Gasteiger partial charge on any atom is -0.370 e. The number of anilines is 1. The first kappa shape index (κ1) is 12.8. The molecule has 1 heterocycles. The predicted molar refractivity (Wildman–Crippen MR) is 77.4 cm³/mol. The van der Waals surface area contributed by atoms with Crippen LogP contribution in [0.5, 0.6) is 0 Å². The smallest absolute Gasteiger partial charge is 0.0534 e. The third-order valence-corrected chi connectivity index (χ3v) is 5.02. The zero-order chi connectivity index (χ0) is 12.6. The molecule has 2 nitrogen and oxygen atoms in total. The van der Waals surface area contributed by atoms with Gasteiger partial charge in [0.1, 0.15) is 0 Å². The summed E-state index contributed by atoms with van der Waals surface area (Å²) in [5.74, 6) is 0. The highest BCUT2D eigenvalue weighted by Gasteiger charge is 2.30. The monoisotopic (exact) mass is 250 g/mol. The van der Waals surface area contributed by atoms with E-state index in [4.69, 9.17) is 0 Å². The second-order valence-electron chi connectivity index (χ2n) is 4.99. The maximum Gasteiger partial charge on any atom is 0.0534 e. The molecule has 1 aliphatic rings. The van der Waals surface area contributed by atoms with Crippen molar-refractivity contribution in [2.45, 2.75) is 37.0 Å². The van der Waals surface area contributed by atoms with E-state index in [1.54, 1.807) is 0 Å². The van der Waals surface area contributed by atoms with Gasteiger partial charge in [0, 0.05) is 29.8 Å². The van der Waals surface area contributed by atoms with Gasteiger partial charge in [-0.15, -0.1) is 11.8 Å². The molecule has 2 unspecified atom stereocenters. The molecule has 1 N–H and O–H groups in total. The van der Waals surface area contributed by atoms with Crippen molar-refractivity contribution in [3.8, 4) is 0 Å². The molecule has 0 radical (unpaired) electrons. The van der Waals surface area contributed by atoms with E-state index in [0.29, 0.717) is 11.3 Å². The molecule has 0 fully saturated rings. The van der Waals surface area contributed by atoms with Crippen LogP contribution < -0.4 is 10.2 Å². The summed E-state index contributed by atoms with van der Waals surface area (Å²) < 4.78 is 0. The van der Waals surface area contributed by atoms with Gasteiger partial charge in [0.15, 0.2) is 0 Å². The summed E-state index contributed by atoms with van der Waals surface area (Å²) in [6.07, 6.45) is 0. The Balaban J connectivity index is 2.41. The molecule has 1 aliphatic heterocycles. The first-order valence-corrected chi connectivity index (χ1v) is 7.08. The molecule has 0 aromatic heterocycles. The molecule has 0 amide bonds. The quantitative estimate of drug-likeness (QED) is 0.869. The molecule has 0 aliphatic carbocycles. The number of thioether (sulfide) groups is 1. The van der Waals surface area contributed by atoms with Gasteiger partial charge < -0.3 is 10.2 Å². The van der Waals surface area contributed by atoms with Crippen LogP contribution in [0.1, 0.15) is 18.1 Å². The van der Waals surface area contributed by atoms with Gasteiger partial charge in [0.05, 0.1) is 5.69 Å². The van der Waals surface area contributed by atoms with Gasteiger partial charge in [-0.25, -0.2) is 0 Å².